The van der Waals surface area contributed by atoms with E-state index in [2.05, 4.69) is 25.4 Å². The molecular weight excluding hydrogens is 382 g/mol. The first-order chi connectivity index (χ1) is 14.7. The van der Waals surface area contributed by atoms with Crippen molar-refractivity contribution in [2.45, 2.75) is 13.0 Å². The number of hydrogen-bond donors (Lipinski definition) is 3. The summed E-state index contributed by atoms with van der Waals surface area (Å²) in [6.45, 7) is 0.262. The van der Waals surface area contributed by atoms with E-state index in [9.17, 15) is 9.90 Å². The molecule has 0 aliphatic heterocycles. The molecule has 2 heterocycles. The largest absolute Gasteiger partial charge is 0.487 e. The number of hydrogen-bond acceptors (Lipinski definition) is 5. The molecule has 2 aromatic heterocycles. The molecule has 5 rings (SSSR count). The summed E-state index contributed by atoms with van der Waals surface area (Å²) in [4.78, 5) is 19.5. The average molecular weight is 399 g/mol. The van der Waals surface area contributed by atoms with E-state index < -0.39 is 5.97 Å². The minimum Gasteiger partial charge on any atom is -0.487 e. The van der Waals surface area contributed by atoms with Gasteiger partial charge < -0.3 is 14.8 Å². The lowest BCUT2D eigenvalue weighted by atomic mass is 10.1. The van der Waals surface area contributed by atoms with E-state index in [1.165, 1.54) is 6.07 Å². The number of aromatic carboxylic acids is 1. The van der Waals surface area contributed by atoms with Crippen molar-refractivity contribution in [2.24, 2.45) is 0 Å². The Labute approximate surface area is 170 Å². The molecule has 3 N–H and O–H groups in total. The molecule has 30 heavy (non-hydrogen) atoms. The molecule has 0 aliphatic rings. The van der Waals surface area contributed by atoms with Crippen LogP contribution in [0.4, 0.5) is 0 Å². The predicted octanol–water partition coefficient (Wildman–Crippen LogP) is 3.70. The summed E-state index contributed by atoms with van der Waals surface area (Å²) >= 11 is 0. The Bertz CT molecular complexity index is 1360. The van der Waals surface area contributed by atoms with Crippen LogP contribution in [0.15, 0.2) is 60.7 Å². The van der Waals surface area contributed by atoms with Crippen molar-refractivity contribution in [3.05, 3.63) is 83.2 Å². The number of fused-ring (bicyclic) bond motifs is 2. The number of ether oxygens (including phenoxy) is 1. The van der Waals surface area contributed by atoms with Crippen molar-refractivity contribution < 1.29 is 14.6 Å². The highest BCUT2D eigenvalue weighted by Crippen LogP contribution is 2.29. The minimum atomic E-state index is -1.03. The number of aromatic nitrogens is 5. The summed E-state index contributed by atoms with van der Waals surface area (Å²) in [6, 6.07) is 18.7. The van der Waals surface area contributed by atoms with Crippen molar-refractivity contribution >= 4 is 28.0 Å². The Hall–Kier alpha value is -4.20. The summed E-state index contributed by atoms with van der Waals surface area (Å²) in [5.41, 5.74) is 4.53. The van der Waals surface area contributed by atoms with Crippen LogP contribution < -0.4 is 4.74 Å². The van der Waals surface area contributed by atoms with Gasteiger partial charge in [0.1, 0.15) is 40.2 Å². The van der Waals surface area contributed by atoms with Gasteiger partial charge in [-0.1, -0.05) is 42.5 Å². The van der Waals surface area contributed by atoms with Gasteiger partial charge >= 0.3 is 5.97 Å². The first-order valence-corrected chi connectivity index (χ1v) is 9.39. The second kappa shape index (κ2) is 7.32. The number of H-pyrrole nitrogens is 2. The van der Waals surface area contributed by atoms with E-state index in [1.54, 1.807) is 6.07 Å². The zero-order valence-corrected chi connectivity index (χ0v) is 15.8. The summed E-state index contributed by atoms with van der Waals surface area (Å²) in [7, 11) is 0. The molecule has 8 heteroatoms. The van der Waals surface area contributed by atoms with Gasteiger partial charge in [-0.05, 0) is 23.8 Å². The normalized spacial score (nSPS) is 11.2. The van der Waals surface area contributed by atoms with E-state index in [0.717, 1.165) is 22.2 Å². The lowest BCUT2D eigenvalue weighted by Crippen LogP contribution is -2.01. The Morgan fingerprint density at radius 1 is 0.967 bits per heavy atom. The van der Waals surface area contributed by atoms with Crippen molar-refractivity contribution in [2.75, 3.05) is 0 Å². The molecule has 0 bridgehead atoms. The van der Waals surface area contributed by atoms with E-state index in [4.69, 9.17) is 4.74 Å². The van der Waals surface area contributed by atoms with E-state index in [1.807, 2.05) is 48.5 Å². The van der Waals surface area contributed by atoms with Crippen LogP contribution >= 0.6 is 0 Å². The average Bonchev–Trinajstić information content (AvgIpc) is 3.39. The molecule has 148 valence electrons. The summed E-state index contributed by atoms with van der Waals surface area (Å²) < 4.78 is 6.04. The third-order valence-electron chi connectivity index (χ3n) is 4.91. The predicted molar refractivity (Wildman–Crippen MR) is 111 cm³/mol. The van der Waals surface area contributed by atoms with Gasteiger partial charge in [-0.2, -0.15) is 15.4 Å². The zero-order chi connectivity index (χ0) is 20.5. The zero-order valence-electron chi connectivity index (χ0n) is 15.8. The minimum absolute atomic E-state index is 0.131. The highest BCUT2D eigenvalue weighted by Gasteiger charge is 2.17. The van der Waals surface area contributed by atoms with Gasteiger partial charge in [0.25, 0.3) is 0 Å². The van der Waals surface area contributed by atoms with Crippen molar-refractivity contribution in [3.63, 3.8) is 0 Å². The second-order valence-corrected chi connectivity index (χ2v) is 6.88. The van der Waals surface area contributed by atoms with Gasteiger partial charge in [0.05, 0.1) is 5.56 Å². The van der Waals surface area contributed by atoms with Gasteiger partial charge in [0.2, 0.25) is 0 Å². The third kappa shape index (κ3) is 3.24. The lowest BCUT2D eigenvalue weighted by molar-refractivity contribution is 0.0699. The number of nitrogens with one attached hydrogen (secondary N) is 2. The number of rotatable bonds is 6. The monoisotopic (exact) mass is 399 g/mol. The fourth-order valence-electron chi connectivity index (χ4n) is 3.48. The Balaban J connectivity index is 1.50. The van der Waals surface area contributed by atoms with Crippen LogP contribution in [0.2, 0.25) is 0 Å². The van der Waals surface area contributed by atoms with Gasteiger partial charge in [0, 0.05) is 12.0 Å². The molecule has 0 unspecified atom stereocenters. The summed E-state index contributed by atoms with van der Waals surface area (Å²) in [5.74, 6) is 0.173. The molecule has 3 aromatic carbocycles. The summed E-state index contributed by atoms with van der Waals surface area (Å²) in [5, 5.41) is 20.4. The van der Waals surface area contributed by atoms with Crippen LogP contribution in [-0.4, -0.2) is 36.5 Å². The van der Waals surface area contributed by atoms with Crippen molar-refractivity contribution in [1.29, 1.82) is 0 Å². The maximum atomic E-state index is 11.7. The maximum Gasteiger partial charge on any atom is 0.337 e. The second-order valence-electron chi connectivity index (χ2n) is 6.88. The van der Waals surface area contributed by atoms with Crippen LogP contribution in [0.25, 0.3) is 22.1 Å². The van der Waals surface area contributed by atoms with Gasteiger partial charge in [-0.15, -0.1) is 0 Å². The van der Waals surface area contributed by atoms with Crippen molar-refractivity contribution in [1.82, 2.24) is 25.4 Å². The fourth-order valence-corrected chi connectivity index (χ4v) is 3.48. The number of imidazole rings is 1. The molecule has 0 saturated heterocycles. The van der Waals surface area contributed by atoms with Crippen LogP contribution in [0.5, 0.6) is 5.75 Å². The first kappa shape index (κ1) is 17.9. The van der Waals surface area contributed by atoms with Crippen LogP contribution in [0.3, 0.4) is 0 Å². The number of aromatic amines is 2. The molecule has 0 atom stereocenters. The Kier molecular flexibility index (Phi) is 4.36. The number of para-hydroxylation sites is 1. The standard InChI is InChI=1S/C22H17N5O3/c28-22(29)15-9-10-17(30-12-14-7-4-8-16-19(14)26-27-25-16)21-20(15)23-18(24-21)11-13-5-2-1-3-6-13/h1-10H,11-12H2,(H,23,24)(H,28,29)(H,25,26,27). The molecule has 0 amide bonds. The molecule has 0 spiro atoms. The van der Waals surface area contributed by atoms with Crippen LogP contribution in [0, 0.1) is 0 Å². The molecular formula is C22H17N5O3. The topological polar surface area (TPSA) is 117 Å². The van der Waals surface area contributed by atoms with Crippen LogP contribution in [-0.2, 0) is 13.0 Å². The number of nitrogens with zero attached hydrogens (tertiary/aromatic N) is 3. The number of carbonyl (C=O) groups is 1. The first-order valence-electron chi connectivity index (χ1n) is 9.39. The molecule has 0 aliphatic carbocycles. The van der Waals surface area contributed by atoms with Crippen LogP contribution in [0.1, 0.15) is 27.3 Å². The Morgan fingerprint density at radius 2 is 1.83 bits per heavy atom. The fraction of sp³-hybridized carbons (Fsp3) is 0.0909. The Morgan fingerprint density at radius 3 is 2.67 bits per heavy atom. The van der Waals surface area contributed by atoms with Gasteiger partial charge in [-0.3, -0.25) is 0 Å². The molecule has 5 aromatic rings. The highest BCUT2D eigenvalue weighted by molar-refractivity contribution is 6.02. The SMILES string of the molecule is O=C(O)c1ccc(OCc2cccc3n[nH]nc23)c2[nH]c(Cc3ccccc3)nc12. The van der Waals surface area contributed by atoms with E-state index in [-0.39, 0.29) is 12.2 Å². The molecule has 0 saturated carbocycles. The third-order valence-corrected chi connectivity index (χ3v) is 4.91. The number of benzene rings is 3. The molecule has 8 nitrogen and oxygen atoms in total. The van der Waals surface area contributed by atoms with E-state index >= 15 is 0 Å². The quantitative estimate of drug-likeness (QED) is 0.401. The smallest absolute Gasteiger partial charge is 0.337 e. The molecule has 0 fully saturated rings. The van der Waals surface area contributed by atoms with Gasteiger partial charge in [-0.25, -0.2) is 9.78 Å². The number of carboxylic acids is 1. The number of carboxylic acid groups (broad SMARTS) is 1. The lowest BCUT2D eigenvalue weighted by Gasteiger charge is -2.08. The van der Waals surface area contributed by atoms with E-state index in [0.29, 0.717) is 29.0 Å². The van der Waals surface area contributed by atoms with Gasteiger partial charge in [0.15, 0.2) is 0 Å². The molecule has 0 radical (unpaired) electrons. The highest BCUT2D eigenvalue weighted by atomic mass is 16.5. The maximum absolute atomic E-state index is 11.7. The van der Waals surface area contributed by atoms with Crippen molar-refractivity contribution in [3.8, 4) is 5.75 Å². The summed E-state index contributed by atoms with van der Waals surface area (Å²) in [6.07, 6.45) is 0.562.